The van der Waals surface area contributed by atoms with Gasteiger partial charge in [0, 0.05) is 0 Å². The number of carbonyl (C=O) groups is 1. The Morgan fingerprint density at radius 1 is 0.812 bits per heavy atom. The maximum atomic E-state index is 12.1. The first-order valence-electron chi connectivity index (χ1n) is 12.3. The third-order valence-electron chi connectivity index (χ3n) is 5.54. The highest BCUT2D eigenvalue weighted by Gasteiger charge is 2.16. The largest absolute Gasteiger partial charge is 0.513 e. The molecule has 0 unspecified atom stereocenters. The molecule has 1 aromatic carbocycles. The SMILES string of the molecule is CCCCCCCCCCOC(=O)Oc1ccc(S(=O)(=O)O)cc1CCCCCCCC. The summed E-state index contributed by atoms with van der Waals surface area (Å²) in [7, 11) is -4.32. The van der Waals surface area contributed by atoms with Crippen molar-refractivity contribution in [1.82, 2.24) is 0 Å². The van der Waals surface area contributed by atoms with E-state index >= 15 is 0 Å². The van der Waals surface area contributed by atoms with Crippen molar-refractivity contribution in [2.75, 3.05) is 6.61 Å². The van der Waals surface area contributed by atoms with E-state index in [1.54, 1.807) is 0 Å². The second kappa shape index (κ2) is 17.0. The standard InChI is InChI=1S/C25H42O6S/c1-3-5-7-9-11-12-14-16-20-30-25(26)31-24-19-18-23(32(27,28)29)21-22(24)17-15-13-10-8-6-4-2/h18-19,21H,3-17,20H2,1-2H3,(H,27,28,29). The van der Waals surface area contributed by atoms with Gasteiger partial charge in [-0.3, -0.25) is 4.55 Å². The fraction of sp³-hybridized carbons (Fsp3) is 0.720. The summed E-state index contributed by atoms with van der Waals surface area (Å²) in [4.78, 5) is 11.9. The van der Waals surface area contributed by atoms with Crippen molar-refractivity contribution in [3.8, 4) is 5.75 Å². The summed E-state index contributed by atoms with van der Waals surface area (Å²) >= 11 is 0. The third-order valence-corrected chi connectivity index (χ3v) is 6.39. The summed E-state index contributed by atoms with van der Waals surface area (Å²) < 4.78 is 42.9. The lowest BCUT2D eigenvalue weighted by Gasteiger charge is -2.12. The van der Waals surface area contributed by atoms with Crippen molar-refractivity contribution >= 4 is 16.3 Å². The molecule has 0 radical (unpaired) electrons. The van der Waals surface area contributed by atoms with Gasteiger partial charge in [0.05, 0.1) is 11.5 Å². The molecule has 0 aromatic heterocycles. The Bertz CT molecular complexity index is 745. The molecule has 0 saturated heterocycles. The molecule has 0 spiro atoms. The zero-order valence-electron chi connectivity index (χ0n) is 19.9. The Morgan fingerprint density at radius 3 is 1.91 bits per heavy atom. The van der Waals surface area contributed by atoms with Gasteiger partial charge < -0.3 is 9.47 Å². The first-order valence-corrected chi connectivity index (χ1v) is 13.8. The fourth-order valence-corrected chi connectivity index (χ4v) is 4.15. The minimum Gasteiger partial charge on any atom is -0.434 e. The molecule has 0 saturated carbocycles. The average Bonchev–Trinajstić information content (AvgIpc) is 2.75. The van der Waals surface area contributed by atoms with Crippen molar-refractivity contribution in [2.45, 2.75) is 115 Å². The summed E-state index contributed by atoms with van der Waals surface area (Å²) in [6, 6.07) is 4.02. The van der Waals surface area contributed by atoms with Gasteiger partial charge in [0.1, 0.15) is 5.75 Å². The maximum Gasteiger partial charge on any atom is 0.513 e. The zero-order chi connectivity index (χ0) is 23.7. The molecule has 0 aliphatic heterocycles. The zero-order valence-corrected chi connectivity index (χ0v) is 20.8. The number of benzene rings is 1. The average molecular weight is 471 g/mol. The van der Waals surface area contributed by atoms with Crippen molar-refractivity contribution in [1.29, 1.82) is 0 Å². The highest BCUT2D eigenvalue weighted by molar-refractivity contribution is 7.85. The molecule has 0 aliphatic rings. The van der Waals surface area contributed by atoms with Crippen LogP contribution in [0.3, 0.4) is 0 Å². The van der Waals surface area contributed by atoms with Gasteiger partial charge in [0.15, 0.2) is 0 Å². The monoisotopic (exact) mass is 470 g/mol. The van der Waals surface area contributed by atoms with Crippen LogP contribution in [-0.2, 0) is 21.3 Å². The topological polar surface area (TPSA) is 89.9 Å². The minimum absolute atomic E-state index is 0.196. The minimum atomic E-state index is -4.32. The van der Waals surface area contributed by atoms with Crippen LogP contribution in [0.1, 0.15) is 109 Å². The van der Waals surface area contributed by atoms with E-state index in [4.69, 9.17) is 9.47 Å². The van der Waals surface area contributed by atoms with Crippen LogP contribution in [-0.4, -0.2) is 25.7 Å². The maximum absolute atomic E-state index is 12.1. The van der Waals surface area contributed by atoms with E-state index in [-0.39, 0.29) is 10.6 Å². The molecule has 0 aliphatic carbocycles. The van der Waals surface area contributed by atoms with Gasteiger partial charge in [0.25, 0.3) is 10.1 Å². The van der Waals surface area contributed by atoms with Crippen LogP contribution in [0.25, 0.3) is 0 Å². The Hall–Kier alpha value is -1.60. The Kier molecular flexibility index (Phi) is 15.1. The smallest absolute Gasteiger partial charge is 0.434 e. The Balaban J connectivity index is 2.48. The lowest BCUT2D eigenvalue weighted by molar-refractivity contribution is 0.0969. The molecule has 1 aromatic rings. The summed E-state index contributed by atoms with van der Waals surface area (Å²) in [5.74, 6) is 0.284. The Labute approximate surface area is 194 Å². The van der Waals surface area contributed by atoms with Crippen LogP contribution < -0.4 is 4.74 Å². The first-order chi connectivity index (χ1) is 15.4. The van der Waals surface area contributed by atoms with E-state index < -0.39 is 16.3 Å². The van der Waals surface area contributed by atoms with Gasteiger partial charge in [-0.05, 0) is 43.0 Å². The summed E-state index contributed by atoms with van der Waals surface area (Å²) in [6.45, 7) is 4.68. The van der Waals surface area contributed by atoms with Crippen LogP contribution in [0.4, 0.5) is 4.79 Å². The molecule has 0 atom stereocenters. The molecule has 184 valence electrons. The lowest BCUT2D eigenvalue weighted by atomic mass is 10.0. The van der Waals surface area contributed by atoms with Crippen LogP contribution in [0.5, 0.6) is 5.75 Å². The molecule has 6 nitrogen and oxygen atoms in total. The number of carbonyl (C=O) groups excluding carboxylic acids is 1. The van der Waals surface area contributed by atoms with Crippen LogP contribution in [0.15, 0.2) is 23.1 Å². The Morgan fingerprint density at radius 2 is 1.34 bits per heavy atom. The molecular formula is C25H42O6S. The van der Waals surface area contributed by atoms with Crippen molar-refractivity contribution in [2.24, 2.45) is 0 Å². The van der Waals surface area contributed by atoms with E-state index in [0.717, 1.165) is 38.5 Å². The molecule has 7 heteroatoms. The van der Waals surface area contributed by atoms with E-state index in [0.29, 0.717) is 18.6 Å². The van der Waals surface area contributed by atoms with Crippen LogP contribution in [0.2, 0.25) is 0 Å². The van der Waals surface area contributed by atoms with E-state index in [2.05, 4.69) is 13.8 Å². The molecule has 0 amide bonds. The van der Waals surface area contributed by atoms with Crippen molar-refractivity contribution in [3.63, 3.8) is 0 Å². The van der Waals surface area contributed by atoms with E-state index in [9.17, 15) is 17.8 Å². The molecular weight excluding hydrogens is 428 g/mol. The molecule has 0 fully saturated rings. The number of hydrogen-bond acceptors (Lipinski definition) is 5. The van der Waals surface area contributed by atoms with Crippen molar-refractivity contribution < 1.29 is 27.2 Å². The van der Waals surface area contributed by atoms with Gasteiger partial charge in [-0.15, -0.1) is 0 Å². The van der Waals surface area contributed by atoms with Gasteiger partial charge in [-0.1, -0.05) is 90.9 Å². The van der Waals surface area contributed by atoms with E-state index in [1.807, 2.05) is 0 Å². The quantitative estimate of drug-likeness (QED) is 0.103. The first kappa shape index (κ1) is 28.4. The van der Waals surface area contributed by atoms with Gasteiger partial charge in [-0.2, -0.15) is 8.42 Å². The van der Waals surface area contributed by atoms with Crippen molar-refractivity contribution in [3.05, 3.63) is 23.8 Å². The molecule has 1 rings (SSSR count). The van der Waals surface area contributed by atoms with Gasteiger partial charge >= 0.3 is 6.16 Å². The fourth-order valence-electron chi connectivity index (χ4n) is 3.62. The predicted molar refractivity (Wildman–Crippen MR) is 128 cm³/mol. The highest BCUT2D eigenvalue weighted by atomic mass is 32.2. The van der Waals surface area contributed by atoms with Gasteiger partial charge in [-0.25, -0.2) is 4.79 Å². The number of rotatable bonds is 18. The third kappa shape index (κ3) is 13.1. The molecule has 0 heterocycles. The second-order valence-corrected chi connectivity index (χ2v) is 9.86. The lowest BCUT2D eigenvalue weighted by Crippen LogP contribution is -2.13. The summed E-state index contributed by atoms with van der Waals surface area (Å²) in [5.41, 5.74) is 0.583. The number of aryl methyl sites for hydroxylation is 1. The number of hydrogen-bond donors (Lipinski definition) is 1. The summed E-state index contributed by atoms with van der Waals surface area (Å²) in [6.07, 6.45) is 15.6. The second-order valence-electron chi connectivity index (χ2n) is 8.44. The van der Waals surface area contributed by atoms with Crippen LogP contribution in [0, 0.1) is 0 Å². The van der Waals surface area contributed by atoms with Gasteiger partial charge in [0.2, 0.25) is 0 Å². The van der Waals surface area contributed by atoms with Crippen LogP contribution >= 0.6 is 0 Å². The summed E-state index contributed by atoms with van der Waals surface area (Å²) in [5, 5.41) is 0. The predicted octanol–water partition coefficient (Wildman–Crippen LogP) is 7.49. The number of unbranched alkanes of at least 4 members (excludes halogenated alkanes) is 12. The van der Waals surface area contributed by atoms with E-state index in [1.165, 1.54) is 69.6 Å². The molecule has 1 N–H and O–H groups in total. The normalized spacial score (nSPS) is 11.5. The molecule has 0 bridgehead atoms. The highest BCUT2D eigenvalue weighted by Crippen LogP contribution is 2.25. The molecule has 32 heavy (non-hydrogen) atoms. The number of ether oxygens (including phenoxy) is 2.